The molecular weight excluding hydrogens is 240 g/mol. The van der Waals surface area contributed by atoms with Crippen molar-refractivity contribution in [3.05, 3.63) is 0 Å². The zero-order chi connectivity index (χ0) is 13.7. The molecule has 1 rings (SSSR count). The summed E-state index contributed by atoms with van der Waals surface area (Å²) in [6.07, 6.45) is -0.386. The maximum atomic E-state index is 11.8. The minimum absolute atomic E-state index is 0.105. The molecule has 2 unspecified atom stereocenters. The fourth-order valence-corrected chi connectivity index (χ4v) is 1.71. The Labute approximate surface area is 105 Å². The molecular formula is C11H18N2O5. The van der Waals surface area contributed by atoms with Gasteiger partial charge in [-0.1, -0.05) is 6.92 Å². The van der Waals surface area contributed by atoms with E-state index in [2.05, 4.69) is 10.6 Å². The first-order valence-electron chi connectivity index (χ1n) is 5.87. The number of rotatable bonds is 7. The van der Waals surface area contributed by atoms with Gasteiger partial charge in [0.25, 0.3) is 0 Å². The molecule has 0 bridgehead atoms. The third-order valence-corrected chi connectivity index (χ3v) is 3.20. The number of hydrogen-bond acceptors (Lipinski definition) is 4. The van der Waals surface area contributed by atoms with Crippen molar-refractivity contribution >= 4 is 17.8 Å². The molecule has 18 heavy (non-hydrogen) atoms. The van der Waals surface area contributed by atoms with Crippen LogP contribution in [-0.4, -0.2) is 47.2 Å². The van der Waals surface area contributed by atoms with Gasteiger partial charge in [-0.3, -0.25) is 9.59 Å². The molecule has 0 radical (unpaired) electrons. The second kappa shape index (κ2) is 6.34. The molecule has 1 aliphatic rings. The third kappa shape index (κ3) is 3.99. The second-order valence-electron chi connectivity index (χ2n) is 4.54. The predicted octanol–water partition coefficient (Wildman–Crippen LogP) is -0.724. The number of carbonyl (C=O) groups is 3. The predicted molar refractivity (Wildman–Crippen MR) is 62.0 cm³/mol. The van der Waals surface area contributed by atoms with Crippen molar-refractivity contribution in [2.75, 3.05) is 13.1 Å². The Balaban J connectivity index is 2.46. The largest absolute Gasteiger partial charge is 0.481 e. The summed E-state index contributed by atoms with van der Waals surface area (Å²) in [5.74, 6) is -2.66. The zero-order valence-electron chi connectivity index (χ0n) is 10.2. The molecule has 7 heteroatoms. The van der Waals surface area contributed by atoms with E-state index in [1.807, 2.05) is 0 Å². The first-order valence-corrected chi connectivity index (χ1v) is 5.87. The molecule has 0 aromatic rings. The average Bonchev–Trinajstić information content (AvgIpc) is 2.20. The van der Waals surface area contributed by atoms with Crippen LogP contribution in [0.1, 0.15) is 19.8 Å². The lowest BCUT2D eigenvalue weighted by molar-refractivity contribution is -0.144. The van der Waals surface area contributed by atoms with Crippen LogP contribution in [-0.2, 0) is 14.4 Å². The van der Waals surface area contributed by atoms with E-state index in [9.17, 15) is 14.4 Å². The number of amides is 1. The Morgan fingerprint density at radius 2 is 1.94 bits per heavy atom. The van der Waals surface area contributed by atoms with Crippen LogP contribution in [0.25, 0.3) is 0 Å². The number of hydrogen-bond donors (Lipinski definition) is 4. The molecule has 4 N–H and O–H groups in total. The van der Waals surface area contributed by atoms with Crippen LogP contribution in [0.2, 0.25) is 0 Å². The van der Waals surface area contributed by atoms with Gasteiger partial charge < -0.3 is 20.8 Å². The van der Waals surface area contributed by atoms with Gasteiger partial charge in [0.15, 0.2) is 0 Å². The lowest BCUT2D eigenvalue weighted by Gasteiger charge is -2.32. The van der Waals surface area contributed by atoms with E-state index < -0.39 is 18.0 Å². The number of carboxylic acid groups (broad SMARTS) is 2. The standard InChI is InChI=1S/C11H18N2O5/c1-6(7-4-12-5-7)10(16)13-8(11(17)18)2-3-9(14)15/h6-8,12H,2-5H2,1H3,(H,13,16)(H,14,15)(H,17,18). The highest BCUT2D eigenvalue weighted by molar-refractivity contribution is 5.85. The van der Waals surface area contributed by atoms with Gasteiger partial charge in [0, 0.05) is 12.3 Å². The van der Waals surface area contributed by atoms with Gasteiger partial charge in [-0.25, -0.2) is 4.79 Å². The molecule has 0 saturated carbocycles. The fourth-order valence-electron chi connectivity index (χ4n) is 1.71. The monoisotopic (exact) mass is 258 g/mol. The molecule has 2 atom stereocenters. The van der Waals surface area contributed by atoms with Crippen molar-refractivity contribution in [2.24, 2.45) is 11.8 Å². The highest BCUT2D eigenvalue weighted by Crippen LogP contribution is 2.16. The summed E-state index contributed by atoms with van der Waals surface area (Å²) in [4.78, 5) is 33.1. The van der Waals surface area contributed by atoms with Gasteiger partial charge >= 0.3 is 11.9 Å². The van der Waals surface area contributed by atoms with Crippen LogP contribution in [0, 0.1) is 11.8 Å². The van der Waals surface area contributed by atoms with Crippen molar-refractivity contribution < 1.29 is 24.6 Å². The van der Waals surface area contributed by atoms with E-state index >= 15 is 0 Å². The quantitative estimate of drug-likeness (QED) is 0.479. The molecule has 0 aromatic carbocycles. The second-order valence-corrected chi connectivity index (χ2v) is 4.54. The Bertz CT molecular complexity index is 340. The van der Waals surface area contributed by atoms with Crippen LogP contribution in [0.4, 0.5) is 0 Å². The first-order chi connectivity index (χ1) is 8.41. The maximum absolute atomic E-state index is 11.8. The Morgan fingerprint density at radius 3 is 2.33 bits per heavy atom. The van der Waals surface area contributed by atoms with E-state index in [1.165, 1.54) is 0 Å². The van der Waals surface area contributed by atoms with E-state index in [1.54, 1.807) is 6.92 Å². The van der Waals surface area contributed by atoms with Gasteiger partial charge in [0.1, 0.15) is 6.04 Å². The van der Waals surface area contributed by atoms with Gasteiger partial charge in [0.2, 0.25) is 5.91 Å². The van der Waals surface area contributed by atoms with Crippen molar-refractivity contribution in [3.63, 3.8) is 0 Å². The summed E-state index contributed by atoms with van der Waals surface area (Å²) in [5.41, 5.74) is 0. The Hall–Kier alpha value is -1.63. The summed E-state index contributed by atoms with van der Waals surface area (Å²) < 4.78 is 0. The lowest BCUT2D eigenvalue weighted by atomic mass is 9.88. The van der Waals surface area contributed by atoms with Crippen molar-refractivity contribution in [2.45, 2.75) is 25.8 Å². The zero-order valence-corrected chi connectivity index (χ0v) is 10.2. The summed E-state index contributed by atoms with van der Waals surface area (Å²) in [6.45, 7) is 3.25. The Kier molecular flexibility index (Phi) is 5.08. The highest BCUT2D eigenvalue weighted by Gasteiger charge is 2.31. The maximum Gasteiger partial charge on any atom is 0.326 e. The number of nitrogens with one attached hydrogen (secondary N) is 2. The molecule has 1 aliphatic heterocycles. The van der Waals surface area contributed by atoms with Crippen molar-refractivity contribution in [1.82, 2.24) is 10.6 Å². The summed E-state index contributed by atoms with van der Waals surface area (Å²) >= 11 is 0. The molecule has 1 amide bonds. The smallest absolute Gasteiger partial charge is 0.326 e. The lowest BCUT2D eigenvalue weighted by Crippen LogP contribution is -2.52. The van der Waals surface area contributed by atoms with Crippen molar-refractivity contribution in [1.29, 1.82) is 0 Å². The fraction of sp³-hybridized carbons (Fsp3) is 0.727. The van der Waals surface area contributed by atoms with Crippen LogP contribution in [0.3, 0.4) is 0 Å². The van der Waals surface area contributed by atoms with Crippen molar-refractivity contribution in [3.8, 4) is 0 Å². The Morgan fingerprint density at radius 1 is 1.33 bits per heavy atom. The normalized spacial score (nSPS) is 18.5. The minimum atomic E-state index is -1.21. The van der Waals surface area contributed by atoms with E-state index in [0.717, 1.165) is 13.1 Å². The molecule has 0 aliphatic carbocycles. The molecule has 0 spiro atoms. The SMILES string of the molecule is CC(C(=O)NC(CCC(=O)O)C(=O)O)C1CNC1. The highest BCUT2D eigenvalue weighted by atomic mass is 16.4. The summed E-state index contributed by atoms with van der Waals surface area (Å²) in [5, 5.41) is 22.8. The molecule has 1 saturated heterocycles. The molecule has 7 nitrogen and oxygen atoms in total. The number of aliphatic carboxylic acids is 2. The number of carbonyl (C=O) groups excluding carboxylic acids is 1. The molecule has 1 heterocycles. The van der Waals surface area contributed by atoms with Crippen LogP contribution in [0.15, 0.2) is 0 Å². The average molecular weight is 258 g/mol. The van der Waals surface area contributed by atoms with Crippen LogP contribution < -0.4 is 10.6 Å². The third-order valence-electron chi connectivity index (χ3n) is 3.20. The van der Waals surface area contributed by atoms with E-state index in [-0.39, 0.29) is 30.6 Å². The van der Waals surface area contributed by atoms with E-state index in [4.69, 9.17) is 10.2 Å². The molecule has 1 fully saturated rings. The molecule has 102 valence electrons. The molecule has 0 aromatic heterocycles. The van der Waals surface area contributed by atoms with Crippen LogP contribution >= 0.6 is 0 Å². The summed E-state index contributed by atoms with van der Waals surface area (Å²) in [6, 6.07) is -1.14. The first kappa shape index (κ1) is 14.4. The van der Waals surface area contributed by atoms with Gasteiger partial charge in [0.05, 0.1) is 0 Å². The topological polar surface area (TPSA) is 116 Å². The summed E-state index contributed by atoms with van der Waals surface area (Å²) in [7, 11) is 0. The van der Waals surface area contributed by atoms with E-state index in [0.29, 0.717) is 0 Å². The van der Waals surface area contributed by atoms with Gasteiger partial charge in [-0.05, 0) is 25.4 Å². The van der Waals surface area contributed by atoms with Gasteiger partial charge in [-0.15, -0.1) is 0 Å². The minimum Gasteiger partial charge on any atom is -0.481 e. The van der Waals surface area contributed by atoms with Crippen LogP contribution in [0.5, 0.6) is 0 Å². The number of carboxylic acids is 2. The van der Waals surface area contributed by atoms with Gasteiger partial charge in [-0.2, -0.15) is 0 Å².